The summed E-state index contributed by atoms with van der Waals surface area (Å²) in [5.74, 6) is 0.926. The molecule has 21 heavy (non-hydrogen) atoms. The van der Waals surface area contributed by atoms with Crippen LogP contribution in [0.2, 0.25) is 0 Å². The molecule has 0 aliphatic heterocycles. The molecule has 0 atom stereocenters. The van der Waals surface area contributed by atoms with Gasteiger partial charge in [0.15, 0.2) is 0 Å². The van der Waals surface area contributed by atoms with E-state index in [1.165, 1.54) is 36.8 Å². The number of nitrogen functional groups attached to an aromatic ring is 1. The normalized spacial score (nSPS) is 10.5. The molecular weight excluding hydrogens is 258 g/mol. The van der Waals surface area contributed by atoms with Crippen LogP contribution in [0.1, 0.15) is 43.7 Å². The van der Waals surface area contributed by atoms with E-state index in [1.807, 2.05) is 30.3 Å². The zero-order valence-corrected chi connectivity index (χ0v) is 12.8. The van der Waals surface area contributed by atoms with Crippen LogP contribution in [-0.4, -0.2) is 0 Å². The van der Waals surface area contributed by atoms with Crippen LogP contribution in [0.15, 0.2) is 48.5 Å². The van der Waals surface area contributed by atoms with E-state index in [4.69, 9.17) is 10.5 Å². The first-order valence-electron chi connectivity index (χ1n) is 7.84. The molecule has 0 unspecified atom stereocenters. The van der Waals surface area contributed by atoms with Gasteiger partial charge in [0, 0.05) is 11.8 Å². The summed E-state index contributed by atoms with van der Waals surface area (Å²) >= 11 is 0. The quantitative estimate of drug-likeness (QED) is 0.548. The molecule has 112 valence electrons. The highest BCUT2D eigenvalue weighted by Crippen LogP contribution is 2.25. The highest BCUT2D eigenvalue weighted by atomic mass is 16.5. The lowest BCUT2D eigenvalue weighted by molar-refractivity contribution is 0.303. The van der Waals surface area contributed by atoms with E-state index in [2.05, 4.69) is 25.1 Å². The number of rotatable bonds is 8. The van der Waals surface area contributed by atoms with Gasteiger partial charge in [-0.25, -0.2) is 0 Å². The molecule has 0 saturated heterocycles. The molecule has 0 spiro atoms. The summed E-state index contributed by atoms with van der Waals surface area (Å²) in [5.41, 5.74) is 9.09. The van der Waals surface area contributed by atoms with Crippen molar-refractivity contribution in [3.8, 4) is 5.75 Å². The van der Waals surface area contributed by atoms with Crippen LogP contribution in [0.5, 0.6) is 5.75 Å². The minimum absolute atomic E-state index is 0.590. The molecule has 0 bridgehead atoms. The fraction of sp³-hybridized carbons (Fsp3) is 0.368. The highest BCUT2D eigenvalue weighted by Gasteiger charge is 2.05. The second-order valence-electron chi connectivity index (χ2n) is 5.45. The Morgan fingerprint density at radius 2 is 1.76 bits per heavy atom. The second-order valence-corrected chi connectivity index (χ2v) is 5.45. The number of aryl methyl sites for hydroxylation is 1. The van der Waals surface area contributed by atoms with E-state index in [1.54, 1.807) is 0 Å². The van der Waals surface area contributed by atoms with Crippen LogP contribution >= 0.6 is 0 Å². The molecule has 2 heteroatoms. The second kappa shape index (κ2) is 8.35. The van der Waals surface area contributed by atoms with Crippen molar-refractivity contribution in [3.63, 3.8) is 0 Å². The van der Waals surface area contributed by atoms with E-state index in [-0.39, 0.29) is 0 Å². The molecule has 0 aliphatic carbocycles. The number of anilines is 1. The number of benzene rings is 2. The van der Waals surface area contributed by atoms with Crippen LogP contribution in [0.3, 0.4) is 0 Å². The molecular formula is C19H25NO. The molecule has 2 aromatic rings. The first-order valence-corrected chi connectivity index (χ1v) is 7.84. The fourth-order valence-electron chi connectivity index (χ4n) is 2.39. The van der Waals surface area contributed by atoms with Gasteiger partial charge in [0.1, 0.15) is 12.4 Å². The minimum Gasteiger partial charge on any atom is -0.489 e. The molecule has 2 aromatic carbocycles. The first kappa shape index (κ1) is 15.4. The zero-order valence-electron chi connectivity index (χ0n) is 12.8. The van der Waals surface area contributed by atoms with E-state index < -0.39 is 0 Å². The van der Waals surface area contributed by atoms with Gasteiger partial charge in [0.25, 0.3) is 0 Å². The number of hydrogen-bond donors (Lipinski definition) is 1. The standard InChI is InChI=1S/C19H25NO/c1-2-3-4-8-11-17-12-13-18(20)14-19(17)21-15-16-9-6-5-7-10-16/h5-7,9-10,12-14H,2-4,8,11,15,20H2,1H3. The molecule has 2 nitrogen and oxygen atoms in total. The Morgan fingerprint density at radius 1 is 0.952 bits per heavy atom. The van der Waals surface area contributed by atoms with Crippen molar-refractivity contribution >= 4 is 5.69 Å². The number of nitrogens with two attached hydrogens (primary N) is 1. The van der Waals surface area contributed by atoms with E-state index in [0.29, 0.717) is 6.61 Å². The predicted molar refractivity (Wildman–Crippen MR) is 89.5 cm³/mol. The SMILES string of the molecule is CCCCCCc1ccc(N)cc1OCc1ccccc1. The lowest BCUT2D eigenvalue weighted by atomic mass is 10.0. The topological polar surface area (TPSA) is 35.2 Å². The van der Waals surface area contributed by atoms with E-state index in [0.717, 1.165) is 17.9 Å². The molecule has 0 heterocycles. The van der Waals surface area contributed by atoms with Gasteiger partial charge >= 0.3 is 0 Å². The van der Waals surface area contributed by atoms with Gasteiger partial charge in [-0.15, -0.1) is 0 Å². The fourth-order valence-corrected chi connectivity index (χ4v) is 2.39. The zero-order chi connectivity index (χ0) is 14.9. The van der Waals surface area contributed by atoms with Crippen molar-refractivity contribution in [2.24, 2.45) is 0 Å². The third-order valence-electron chi connectivity index (χ3n) is 3.63. The number of hydrogen-bond acceptors (Lipinski definition) is 2. The van der Waals surface area contributed by atoms with Gasteiger partial charge < -0.3 is 10.5 Å². The largest absolute Gasteiger partial charge is 0.489 e. The molecule has 0 fully saturated rings. The predicted octanol–water partition coefficient (Wildman–Crippen LogP) is 4.97. The summed E-state index contributed by atoms with van der Waals surface area (Å²) in [4.78, 5) is 0. The molecule has 0 aromatic heterocycles. The average Bonchev–Trinajstić information content (AvgIpc) is 2.52. The Kier molecular flexibility index (Phi) is 6.14. The third-order valence-corrected chi connectivity index (χ3v) is 3.63. The summed E-state index contributed by atoms with van der Waals surface area (Å²) in [5, 5.41) is 0. The lowest BCUT2D eigenvalue weighted by Crippen LogP contribution is -2.00. The Morgan fingerprint density at radius 3 is 2.52 bits per heavy atom. The van der Waals surface area contributed by atoms with Gasteiger partial charge in [-0.1, -0.05) is 62.6 Å². The van der Waals surface area contributed by atoms with Crippen molar-refractivity contribution in [2.45, 2.75) is 45.6 Å². The first-order chi connectivity index (χ1) is 10.3. The molecule has 0 radical (unpaired) electrons. The van der Waals surface area contributed by atoms with Crippen molar-refractivity contribution in [3.05, 3.63) is 59.7 Å². The van der Waals surface area contributed by atoms with Crippen LogP contribution in [0.25, 0.3) is 0 Å². The molecule has 2 N–H and O–H groups in total. The van der Waals surface area contributed by atoms with Gasteiger partial charge in [0.2, 0.25) is 0 Å². The highest BCUT2D eigenvalue weighted by molar-refractivity contribution is 5.48. The van der Waals surface area contributed by atoms with Crippen molar-refractivity contribution in [2.75, 3.05) is 5.73 Å². The summed E-state index contributed by atoms with van der Waals surface area (Å²) in [6, 6.07) is 16.2. The van der Waals surface area contributed by atoms with Gasteiger partial charge in [-0.2, -0.15) is 0 Å². The molecule has 2 rings (SSSR count). The van der Waals surface area contributed by atoms with Crippen LogP contribution in [0.4, 0.5) is 5.69 Å². The number of ether oxygens (including phenoxy) is 1. The van der Waals surface area contributed by atoms with Gasteiger partial charge in [-0.05, 0) is 30.0 Å². The summed E-state index contributed by atoms with van der Waals surface area (Å²) in [6.45, 7) is 2.82. The van der Waals surface area contributed by atoms with Crippen LogP contribution in [0, 0.1) is 0 Å². The smallest absolute Gasteiger partial charge is 0.125 e. The van der Waals surface area contributed by atoms with Gasteiger partial charge in [0.05, 0.1) is 0 Å². The van der Waals surface area contributed by atoms with Crippen molar-refractivity contribution in [1.82, 2.24) is 0 Å². The Bertz CT molecular complexity index is 537. The Balaban J connectivity index is 1.97. The minimum atomic E-state index is 0.590. The lowest BCUT2D eigenvalue weighted by Gasteiger charge is -2.12. The van der Waals surface area contributed by atoms with Crippen molar-refractivity contribution < 1.29 is 4.74 Å². The summed E-state index contributed by atoms with van der Waals surface area (Å²) in [7, 11) is 0. The maximum atomic E-state index is 5.98. The average molecular weight is 283 g/mol. The Hall–Kier alpha value is -1.96. The Labute approximate surface area is 127 Å². The van der Waals surface area contributed by atoms with Crippen molar-refractivity contribution in [1.29, 1.82) is 0 Å². The molecule has 0 aliphatic rings. The van der Waals surface area contributed by atoms with Crippen LogP contribution < -0.4 is 10.5 Å². The molecule has 0 saturated carbocycles. The van der Waals surface area contributed by atoms with E-state index >= 15 is 0 Å². The summed E-state index contributed by atoms with van der Waals surface area (Å²) in [6.07, 6.45) is 6.11. The molecule has 0 amide bonds. The maximum Gasteiger partial charge on any atom is 0.125 e. The maximum absolute atomic E-state index is 5.98. The monoisotopic (exact) mass is 283 g/mol. The van der Waals surface area contributed by atoms with E-state index in [9.17, 15) is 0 Å². The third kappa shape index (κ3) is 5.14. The van der Waals surface area contributed by atoms with Gasteiger partial charge in [-0.3, -0.25) is 0 Å². The van der Waals surface area contributed by atoms with Crippen LogP contribution in [-0.2, 0) is 13.0 Å². The number of unbranched alkanes of at least 4 members (excludes halogenated alkanes) is 3. The summed E-state index contributed by atoms with van der Waals surface area (Å²) < 4.78 is 5.98.